The van der Waals surface area contributed by atoms with Crippen molar-refractivity contribution in [1.29, 1.82) is 0 Å². The van der Waals surface area contributed by atoms with Crippen molar-refractivity contribution < 1.29 is 13.2 Å². The Morgan fingerprint density at radius 1 is 1.15 bits per heavy atom. The van der Waals surface area contributed by atoms with Crippen LogP contribution < -0.4 is 5.32 Å². The van der Waals surface area contributed by atoms with Crippen LogP contribution in [-0.2, 0) is 0 Å². The van der Waals surface area contributed by atoms with E-state index in [0.717, 1.165) is 19.3 Å². The number of alkyl halides is 3. The summed E-state index contributed by atoms with van der Waals surface area (Å²) >= 11 is 0. The van der Waals surface area contributed by atoms with Crippen LogP contribution in [0.25, 0.3) is 0 Å². The Bertz CT molecular complexity index is 437. The van der Waals surface area contributed by atoms with Crippen LogP contribution in [0.3, 0.4) is 0 Å². The van der Waals surface area contributed by atoms with Crippen molar-refractivity contribution in [2.75, 3.05) is 6.54 Å². The van der Waals surface area contributed by atoms with E-state index in [0.29, 0.717) is 12.1 Å². The Balaban J connectivity index is 1.92. The summed E-state index contributed by atoms with van der Waals surface area (Å²) in [7, 11) is 0. The van der Waals surface area contributed by atoms with Crippen molar-refractivity contribution in [2.24, 2.45) is 0 Å². The van der Waals surface area contributed by atoms with E-state index < -0.39 is 18.6 Å². The van der Waals surface area contributed by atoms with Gasteiger partial charge in [0.05, 0.1) is 6.42 Å². The molecule has 0 aromatic heterocycles. The third-order valence-electron chi connectivity index (χ3n) is 3.61. The summed E-state index contributed by atoms with van der Waals surface area (Å²) in [6.07, 6.45) is 1.47. The average molecular weight is 283 g/mol. The maximum atomic E-state index is 12.7. The molecule has 0 bridgehead atoms. The molecule has 0 heterocycles. The SMILES string of the molecule is FC(F)(F)CC(NCCC1=CCCC1)c1ccccc1. The summed E-state index contributed by atoms with van der Waals surface area (Å²) < 4.78 is 38.0. The predicted molar refractivity (Wildman–Crippen MR) is 74.4 cm³/mol. The van der Waals surface area contributed by atoms with Crippen molar-refractivity contribution in [3.8, 4) is 0 Å². The predicted octanol–water partition coefficient (Wildman–Crippen LogP) is 4.77. The summed E-state index contributed by atoms with van der Waals surface area (Å²) in [5, 5.41) is 3.06. The third kappa shape index (κ3) is 5.00. The van der Waals surface area contributed by atoms with Crippen molar-refractivity contribution in [2.45, 2.75) is 44.3 Å². The minimum absolute atomic E-state index is 0.599. The van der Waals surface area contributed by atoms with E-state index in [4.69, 9.17) is 0 Å². The molecule has 1 nitrogen and oxygen atoms in total. The van der Waals surface area contributed by atoms with Crippen LogP contribution in [0, 0.1) is 0 Å². The zero-order chi connectivity index (χ0) is 14.4. The third-order valence-corrected chi connectivity index (χ3v) is 3.61. The quantitative estimate of drug-likeness (QED) is 0.741. The highest BCUT2D eigenvalue weighted by Gasteiger charge is 2.32. The average Bonchev–Trinajstić information content (AvgIpc) is 2.90. The number of hydrogen-bond donors (Lipinski definition) is 1. The molecule has 1 atom stereocenters. The van der Waals surface area contributed by atoms with Crippen LogP contribution in [-0.4, -0.2) is 12.7 Å². The Kier molecular flexibility index (Phi) is 5.24. The number of hydrogen-bond acceptors (Lipinski definition) is 1. The summed E-state index contributed by atoms with van der Waals surface area (Å²) in [5.74, 6) is 0. The van der Waals surface area contributed by atoms with E-state index in [9.17, 15) is 13.2 Å². The Labute approximate surface area is 117 Å². The van der Waals surface area contributed by atoms with Crippen molar-refractivity contribution in [1.82, 2.24) is 5.32 Å². The first-order valence-corrected chi connectivity index (χ1v) is 7.07. The minimum atomic E-state index is -4.15. The highest BCUT2D eigenvalue weighted by atomic mass is 19.4. The standard InChI is InChI=1S/C16H20F3N/c17-16(18,19)12-15(14-8-2-1-3-9-14)20-11-10-13-6-4-5-7-13/h1-3,6,8-9,15,20H,4-5,7,10-12H2. The molecule has 1 aromatic rings. The second kappa shape index (κ2) is 6.93. The van der Waals surface area contributed by atoms with E-state index in [1.807, 2.05) is 6.07 Å². The van der Waals surface area contributed by atoms with E-state index in [1.165, 1.54) is 12.0 Å². The number of rotatable bonds is 6. The van der Waals surface area contributed by atoms with Gasteiger partial charge in [-0.25, -0.2) is 0 Å². The lowest BCUT2D eigenvalue weighted by Gasteiger charge is -2.21. The lowest BCUT2D eigenvalue weighted by Crippen LogP contribution is -2.27. The normalized spacial score (nSPS) is 17.1. The molecule has 0 saturated carbocycles. The van der Waals surface area contributed by atoms with Gasteiger partial charge in [0, 0.05) is 6.04 Å². The molecule has 0 fully saturated rings. The molecule has 1 aliphatic carbocycles. The van der Waals surface area contributed by atoms with Crippen molar-refractivity contribution in [3.63, 3.8) is 0 Å². The summed E-state index contributed by atoms with van der Waals surface area (Å²) in [5.41, 5.74) is 2.07. The maximum absolute atomic E-state index is 12.7. The van der Waals surface area contributed by atoms with Gasteiger partial charge < -0.3 is 5.32 Å². The first-order valence-electron chi connectivity index (χ1n) is 7.07. The molecule has 0 radical (unpaired) electrons. The van der Waals surface area contributed by atoms with E-state index >= 15 is 0 Å². The van der Waals surface area contributed by atoms with Gasteiger partial charge in [0.25, 0.3) is 0 Å². The van der Waals surface area contributed by atoms with E-state index in [2.05, 4.69) is 11.4 Å². The molecular weight excluding hydrogens is 263 g/mol. The van der Waals surface area contributed by atoms with Gasteiger partial charge in [0.1, 0.15) is 0 Å². The monoisotopic (exact) mass is 283 g/mol. The summed E-state index contributed by atoms with van der Waals surface area (Å²) in [6, 6.07) is 8.21. The molecular formula is C16H20F3N. The molecule has 1 unspecified atom stereocenters. The lowest BCUT2D eigenvalue weighted by atomic mass is 10.0. The molecule has 1 aliphatic rings. The van der Waals surface area contributed by atoms with Gasteiger partial charge in [-0.2, -0.15) is 13.2 Å². The molecule has 0 saturated heterocycles. The molecule has 0 spiro atoms. The Morgan fingerprint density at radius 3 is 2.50 bits per heavy atom. The van der Waals surface area contributed by atoms with Crippen LogP contribution in [0.1, 0.15) is 43.7 Å². The van der Waals surface area contributed by atoms with Gasteiger partial charge in [0.2, 0.25) is 0 Å². The van der Waals surface area contributed by atoms with Crippen LogP contribution in [0.2, 0.25) is 0 Å². The maximum Gasteiger partial charge on any atom is 0.390 e. The second-order valence-electron chi connectivity index (χ2n) is 5.24. The molecule has 1 N–H and O–H groups in total. The van der Waals surface area contributed by atoms with Crippen molar-refractivity contribution >= 4 is 0 Å². The number of nitrogens with one attached hydrogen (secondary N) is 1. The highest BCUT2D eigenvalue weighted by molar-refractivity contribution is 5.19. The number of halogens is 3. The first-order chi connectivity index (χ1) is 9.54. The van der Waals surface area contributed by atoms with Gasteiger partial charge in [-0.1, -0.05) is 42.0 Å². The second-order valence-corrected chi connectivity index (χ2v) is 5.24. The topological polar surface area (TPSA) is 12.0 Å². The van der Waals surface area contributed by atoms with Crippen molar-refractivity contribution in [3.05, 3.63) is 47.5 Å². The van der Waals surface area contributed by atoms with Gasteiger partial charge in [0.15, 0.2) is 0 Å². The summed E-state index contributed by atoms with van der Waals surface area (Å²) in [4.78, 5) is 0. The molecule has 0 aliphatic heterocycles. The largest absolute Gasteiger partial charge is 0.390 e. The highest BCUT2D eigenvalue weighted by Crippen LogP contribution is 2.29. The van der Waals surface area contributed by atoms with Gasteiger partial charge in [-0.3, -0.25) is 0 Å². The zero-order valence-corrected chi connectivity index (χ0v) is 11.4. The Morgan fingerprint density at radius 2 is 1.90 bits per heavy atom. The molecule has 4 heteroatoms. The van der Waals surface area contributed by atoms with E-state index in [-0.39, 0.29) is 0 Å². The molecule has 0 amide bonds. The van der Waals surface area contributed by atoms with Gasteiger partial charge >= 0.3 is 6.18 Å². The molecule has 2 rings (SSSR count). The van der Waals surface area contributed by atoms with Crippen LogP contribution in [0.15, 0.2) is 42.0 Å². The smallest absolute Gasteiger partial charge is 0.309 e. The molecule has 110 valence electrons. The van der Waals surface area contributed by atoms with Crippen LogP contribution in [0.5, 0.6) is 0 Å². The number of benzene rings is 1. The first kappa shape index (κ1) is 15.1. The van der Waals surface area contributed by atoms with Crippen LogP contribution >= 0.6 is 0 Å². The minimum Gasteiger partial charge on any atom is -0.309 e. The fourth-order valence-electron chi connectivity index (χ4n) is 2.60. The lowest BCUT2D eigenvalue weighted by molar-refractivity contribution is -0.140. The number of allylic oxidation sites excluding steroid dienone is 1. The van der Waals surface area contributed by atoms with E-state index in [1.54, 1.807) is 24.3 Å². The zero-order valence-electron chi connectivity index (χ0n) is 11.4. The Hall–Kier alpha value is -1.29. The summed E-state index contributed by atoms with van der Waals surface area (Å²) in [6.45, 7) is 0.599. The molecule has 1 aromatic carbocycles. The van der Waals surface area contributed by atoms with Crippen LogP contribution in [0.4, 0.5) is 13.2 Å². The fourth-order valence-corrected chi connectivity index (χ4v) is 2.60. The van der Waals surface area contributed by atoms with Gasteiger partial charge in [-0.15, -0.1) is 0 Å². The molecule has 20 heavy (non-hydrogen) atoms. The fraction of sp³-hybridized carbons (Fsp3) is 0.500. The van der Waals surface area contributed by atoms with Gasteiger partial charge in [-0.05, 0) is 37.8 Å².